The van der Waals surface area contributed by atoms with Gasteiger partial charge in [0.2, 0.25) is 0 Å². The zero-order valence-corrected chi connectivity index (χ0v) is 22.3. The first-order chi connectivity index (χ1) is 19.4. The van der Waals surface area contributed by atoms with Gasteiger partial charge in [-0.25, -0.2) is 0 Å². The third-order valence-electron chi connectivity index (χ3n) is 8.72. The number of carbonyl (C=O) groups excluding carboxylic acids is 1. The summed E-state index contributed by atoms with van der Waals surface area (Å²) in [6, 6.07) is 21.0. The largest absolute Gasteiger partial charge is 0.497 e. The van der Waals surface area contributed by atoms with E-state index in [1.807, 2.05) is 41.1 Å². The predicted octanol–water partition coefficient (Wildman–Crippen LogP) is 5.20. The fourth-order valence-electron chi connectivity index (χ4n) is 6.34. The number of carboxylic acid groups (broad SMARTS) is 1. The number of nitrogens with zero attached hydrogens (tertiary/aromatic N) is 3. The topological polar surface area (TPSA) is 117 Å². The number of methoxy groups -OCH3 is 1. The molecule has 0 saturated heterocycles. The molecule has 2 fully saturated rings. The van der Waals surface area contributed by atoms with Crippen LogP contribution in [0.3, 0.4) is 0 Å². The van der Waals surface area contributed by atoms with E-state index in [1.165, 1.54) is 0 Å². The molecule has 202 valence electrons. The van der Waals surface area contributed by atoms with Crippen molar-refractivity contribution in [2.75, 3.05) is 7.11 Å². The number of aromatic nitrogens is 2. The van der Waals surface area contributed by atoms with Gasteiger partial charge in [0.1, 0.15) is 5.75 Å². The van der Waals surface area contributed by atoms with E-state index in [9.17, 15) is 20.0 Å². The second kappa shape index (κ2) is 10.2. The smallest absolute Gasteiger partial charge is 0.308 e. The van der Waals surface area contributed by atoms with Gasteiger partial charge in [0, 0.05) is 18.0 Å². The Hall–Kier alpha value is -4.64. The van der Waals surface area contributed by atoms with E-state index in [0.717, 1.165) is 46.9 Å². The Morgan fingerprint density at radius 3 is 2.62 bits per heavy atom. The highest BCUT2D eigenvalue weighted by Crippen LogP contribution is 2.58. The zero-order valence-electron chi connectivity index (χ0n) is 22.3. The lowest BCUT2D eigenvalue weighted by atomic mass is 9.48. The number of hydrogen-bond acceptors (Lipinski definition) is 5. The van der Waals surface area contributed by atoms with Gasteiger partial charge in [-0.2, -0.15) is 10.4 Å². The first kappa shape index (κ1) is 25.6. The van der Waals surface area contributed by atoms with Crippen LogP contribution >= 0.6 is 0 Å². The molecule has 1 heterocycles. The van der Waals surface area contributed by atoms with Crippen molar-refractivity contribution in [3.05, 3.63) is 83.6 Å². The van der Waals surface area contributed by atoms with Crippen molar-refractivity contribution in [3.8, 4) is 22.9 Å². The van der Waals surface area contributed by atoms with Gasteiger partial charge in [-0.3, -0.25) is 14.3 Å². The molecule has 2 unspecified atom stereocenters. The molecule has 8 heteroatoms. The molecular weight excluding hydrogens is 504 g/mol. The van der Waals surface area contributed by atoms with Gasteiger partial charge in [-0.05, 0) is 72.1 Å². The van der Waals surface area contributed by atoms with Crippen molar-refractivity contribution in [3.63, 3.8) is 0 Å². The maximum absolute atomic E-state index is 13.5. The van der Waals surface area contributed by atoms with E-state index >= 15 is 0 Å². The van der Waals surface area contributed by atoms with Crippen molar-refractivity contribution in [2.24, 2.45) is 11.3 Å². The molecule has 2 aliphatic carbocycles. The van der Waals surface area contributed by atoms with Gasteiger partial charge in [0.05, 0.1) is 41.9 Å². The van der Waals surface area contributed by atoms with Crippen LogP contribution in [-0.2, 0) is 17.8 Å². The number of amides is 1. The van der Waals surface area contributed by atoms with Crippen LogP contribution in [0.15, 0.2) is 66.9 Å². The SMILES string of the molecule is COc1cc(C#N)cc(-c2ccc(CCn3ncc4cccc(C(=O)NC5C(C(=O)O)CC56CCC6)c43)cc2)c1. The lowest BCUT2D eigenvalue weighted by Crippen LogP contribution is -2.66. The van der Waals surface area contributed by atoms with Gasteiger partial charge in [-0.1, -0.05) is 42.8 Å². The highest BCUT2D eigenvalue weighted by atomic mass is 16.5. The summed E-state index contributed by atoms with van der Waals surface area (Å²) in [5, 5.41) is 27.5. The van der Waals surface area contributed by atoms with E-state index in [0.29, 0.717) is 36.3 Å². The Balaban J connectivity index is 1.19. The van der Waals surface area contributed by atoms with Crippen LogP contribution in [0.25, 0.3) is 22.0 Å². The Morgan fingerprint density at radius 1 is 1.15 bits per heavy atom. The molecule has 0 radical (unpaired) electrons. The normalized spacial score (nSPS) is 18.9. The molecular formula is C32H30N4O4. The number of nitriles is 1. The molecule has 0 bridgehead atoms. The van der Waals surface area contributed by atoms with E-state index < -0.39 is 11.9 Å². The van der Waals surface area contributed by atoms with Crippen LogP contribution in [0.1, 0.15) is 47.2 Å². The van der Waals surface area contributed by atoms with Crippen molar-refractivity contribution in [1.29, 1.82) is 5.26 Å². The number of ether oxygens (including phenoxy) is 1. The van der Waals surface area contributed by atoms with Crippen molar-refractivity contribution in [2.45, 2.75) is 44.7 Å². The highest BCUT2D eigenvalue weighted by Gasteiger charge is 2.60. The molecule has 2 aliphatic rings. The lowest BCUT2D eigenvalue weighted by Gasteiger charge is -2.59. The van der Waals surface area contributed by atoms with Gasteiger partial charge in [-0.15, -0.1) is 0 Å². The van der Waals surface area contributed by atoms with Gasteiger partial charge in [0.15, 0.2) is 0 Å². The summed E-state index contributed by atoms with van der Waals surface area (Å²) in [5.74, 6) is -0.968. The summed E-state index contributed by atoms with van der Waals surface area (Å²) in [6.07, 6.45) is 6.15. The third-order valence-corrected chi connectivity index (χ3v) is 8.72. The van der Waals surface area contributed by atoms with Crippen LogP contribution in [0.2, 0.25) is 0 Å². The Morgan fingerprint density at radius 2 is 1.95 bits per heavy atom. The van der Waals surface area contributed by atoms with Gasteiger partial charge in [0.25, 0.3) is 5.91 Å². The predicted molar refractivity (Wildman–Crippen MR) is 150 cm³/mol. The molecule has 6 rings (SSSR count). The first-order valence-electron chi connectivity index (χ1n) is 13.6. The van der Waals surface area contributed by atoms with Crippen molar-refractivity contribution in [1.82, 2.24) is 15.1 Å². The monoisotopic (exact) mass is 534 g/mol. The minimum atomic E-state index is -0.839. The van der Waals surface area contributed by atoms with Crippen LogP contribution in [0, 0.1) is 22.7 Å². The quantitative estimate of drug-likeness (QED) is 0.321. The minimum absolute atomic E-state index is 0.0555. The number of nitrogens with one attached hydrogen (secondary N) is 1. The van der Waals surface area contributed by atoms with Crippen LogP contribution < -0.4 is 10.1 Å². The molecule has 40 heavy (non-hydrogen) atoms. The minimum Gasteiger partial charge on any atom is -0.497 e. The summed E-state index contributed by atoms with van der Waals surface area (Å²) in [6.45, 7) is 0.579. The summed E-state index contributed by atoms with van der Waals surface area (Å²) >= 11 is 0. The molecule has 1 spiro atoms. The lowest BCUT2D eigenvalue weighted by molar-refractivity contribution is -0.159. The summed E-state index contributed by atoms with van der Waals surface area (Å²) in [4.78, 5) is 25.2. The second-order valence-electron chi connectivity index (χ2n) is 10.9. The Kier molecular flexibility index (Phi) is 6.51. The number of carbonyl (C=O) groups is 2. The number of hydrogen-bond donors (Lipinski definition) is 2. The van der Waals surface area contributed by atoms with E-state index in [4.69, 9.17) is 4.74 Å². The molecule has 2 saturated carbocycles. The van der Waals surface area contributed by atoms with E-state index in [2.05, 4.69) is 28.6 Å². The maximum Gasteiger partial charge on any atom is 0.308 e. The summed E-state index contributed by atoms with van der Waals surface area (Å²) in [5.41, 5.74) is 4.78. The van der Waals surface area contributed by atoms with Crippen LogP contribution in [0.5, 0.6) is 5.75 Å². The van der Waals surface area contributed by atoms with Crippen LogP contribution in [-0.4, -0.2) is 39.9 Å². The number of benzene rings is 3. The number of aryl methyl sites for hydroxylation is 2. The average molecular weight is 535 g/mol. The highest BCUT2D eigenvalue weighted by molar-refractivity contribution is 6.06. The van der Waals surface area contributed by atoms with Crippen molar-refractivity contribution < 1.29 is 19.4 Å². The standard InChI is InChI=1S/C32H30N4O4/c1-40-25-15-21(18-33)14-24(16-25)22-8-6-20(7-9-22)10-13-36-28-23(19-34-36)4-2-5-26(28)30(37)35-29-27(31(38)39)17-32(29)11-3-12-32/h2,4-9,14-16,19,27,29H,3,10-13,17H2,1H3,(H,35,37)(H,38,39). The molecule has 3 aromatic carbocycles. The van der Waals surface area contributed by atoms with Gasteiger partial charge >= 0.3 is 5.97 Å². The number of aliphatic carboxylic acids is 1. The zero-order chi connectivity index (χ0) is 27.9. The fourth-order valence-corrected chi connectivity index (χ4v) is 6.34. The number of para-hydroxylation sites is 1. The molecule has 2 atom stereocenters. The van der Waals surface area contributed by atoms with E-state index in [1.54, 1.807) is 25.4 Å². The fraction of sp³-hybridized carbons (Fsp3) is 0.312. The average Bonchev–Trinajstić information content (AvgIpc) is 3.36. The number of rotatable bonds is 8. The number of carboxylic acids is 1. The van der Waals surface area contributed by atoms with Crippen molar-refractivity contribution >= 4 is 22.8 Å². The molecule has 4 aromatic rings. The summed E-state index contributed by atoms with van der Waals surface area (Å²) < 4.78 is 7.19. The Labute approximate surface area is 232 Å². The van der Waals surface area contributed by atoms with E-state index in [-0.39, 0.29) is 17.4 Å². The second-order valence-corrected chi connectivity index (χ2v) is 10.9. The summed E-state index contributed by atoms with van der Waals surface area (Å²) in [7, 11) is 1.59. The third kappa shape index (κ3) is 4.47. The first-order valence-corrected chi connectivity index (χ1v) is 13.6. The number of fused-ring (bicyclic) bond motifs is 1. The molecule has 1 amide bonds. The molecule has 1 aromatic heterocycles. The van der Waals surface area contributed by atoms with Crippen LogP contribution in [0.4, 0.5) is 0 Å². The maximum atomic E-state index is 13.5. The molecule has 2 N–H and O–H groups in total. The van der Waals surface area contributed by atoms with Gasteiger partial charge < -0.3 is 15.2 Å². The molecule has 8 nitrogen and oxygen atoms in total. The Bertz CT molecular complexity index is 1650. The molecule has 0 aliphatic heterocycles.